The number of sulfonamides is 1. The Labute approximate surface area is 144 Å². The van der Waals surface area contributed by atoms with Crippen molar-refractivity contribution in [2.75, 3.05) is 19.8 Å². The highest BCUT2D eigenvalue weighted by Gasteiger charge is 2.33. The lowest BCUT2D eigenvalue weighted by Crippen LogP contribution is -2.52. The third-order valence-corrected chi connectivity index (χ3v) is 5.17. The van der Waals surface area contributed by atoms with Crippen LogP contribution in [0.1, 0.15) is 27.2 Å². The summed E-state index contributed by atoms with van der Waals surface area (Å²) in [5, 5.41) is 0. The minimum atomic E-state index is -3.75. The smallest absolute Gasteiger partial charge is 0.244 e. The molecule has 0 saturated carbocycles. The van der Waals surface area contributed by atoms with E-state index in [0.29, 0.717) is 31.3 Å². The van der Waals surface area contributed by atoms with Gasteiger partial charge in [-0.25, -0.2) is 13.1 Å². The van der Waals surface area contributed by atoms with Gasteiger partial charge in [-0.05, 0) is 31.4 Å². The van der Waals surface area contributed by atoms with Crippen molar-refractivity contribution in [1.29, 1.82) is 0 Å². The first-order valence-electron chi connectivity index (χ1n) is 7.40. The molecule has 3 N–H and O–H groups in total. The predicted molar refractivity (Wildman–Crippen MR) is 91.9 cm³/mol. The van der Waals surface area contributed by atoms with E-state index in [1.807, 2.05) is 20.8 Å². The number of nitrogens with one attached hydrogen (secondary N) is 1. The van der Waals surface area contributed by atoms with Crippen LogP contribution in [0.25, 0.3) is 0 Å². The van der Waals surface area contributed by atoms with E-state index >= 15 is 0 Å². The van der Waals surface area contributed by atoms with Crippen molar-refractivity contribution in [3.05, 3.63) is 18.2 Å². The summed E-state index contributed by atoms with van der Waals surface area (Å²) < 4.78 is 39.2. The SMILES string of the molecule is CC(C)CC(C)(CN)NS(=O)(=O)c1cccc2c1OCCO2.Cl. The van der Waals surface area contributed by atoms with Crippen LogP contribution in [0.2, 0.25) is 0 Å². The number of hydrogen-bond acceptors (Lipinski definition) is 5. The molecule has 0 aliphatic carbocycles. The molecule has 132 valence electrons. The highest BCUT2D eigenvalue weighted by molar-refractivity contribution is 7.89. The number of nitrogens with two attached hydrogens (primary N) is 1. The Bertz CT molecular complexity index is 636. The van der Waals surface area contributed by atoms with Crippen LogP contribution in [0, 0.1) is 5.92 Å². The highest BCUT2D eigenvalue weighted by Crippen LogP contribution is 2.36. The van der Waals surface area contributed by atoms with E-state index in [2.05, 4.69) is 4.72 Å². The average Bonchev–Trinajstić information content (AvgIpc) is 2.45. The van der Waals surface area contributed by atoms with Crippen molar-refractivity contribution in [3.63, 3.8) is 0 Å². The van der Waals surface area contributed by atoms with Gasteiger partial charge < -0.3 is 15.2 Å². The van der Waals surface area contributed by atoms with E-state index in [4.69, 9.17) is 15.2 Å². The maximum atomic E-state index is 12.8. The number of fused-ring (bicyclic) bond motifs is 1. The van der Waals surface area contributed by atoms with Crippen molar-refractivity contribution in [1.82, 2.24) is 4.72 Å². The number of para-hydroxylation sites is 1. The van der Waals surface area contributed by atoms with Crippen LogP contribution < -0.4 is 19.9 Å². The Balaban J connectivity index is 0.00000264. The van der Waals surface area contributed by atoms with Gasteiger partial charge in [0.2, 0.25) is 10.0 Å². The van der Waals surface area contributed by atoms with Crippen molar-refractivity contribution >= 4 is 22.4 Å². The first-order valence-corrected chi connectivity index (χ1v) is 8.88. The zero-order valence-electron chi connectivity index (χ0n) is 13.7. The summed E-state index contributed by atoms with van der Waals surface area (Å²) in [7, 11) is -3.75. The Morgan fingerprint density at radius 1 is 1.30 bits per heavy atom. The molecular formula is C15H25ClN2O4S. The molecule has 1 heterocycles. The summed E-state index contributed by atoms with van der Waals surface area (Å²) in [6.45, 7) is 6.85. The molecule has 0 aromatic heterocycles. The van der Waals surface area contributed by atoms with E-state index in [-0.39, 0.29) is 29.6 Å². The van der Waals surface area contributed by atoms with Gasteiger partial charge in [0.15, 0.2) is 11.5 Å². The molecule has 1 aromatic rings. The number of benzene rings is 1. The predicted octanol–water partition coefficient (Wildman–Crippen LogP) is 1.92. The normalized spacial score (nSPS) is 16.6. The highest BCUT2D eigenvalue weighted by atomic mass is 35.5. The fourth-order valence-electron chi connectivity index (χ4n) is 2.71. The summed E-state index contributed by atoms with van der Waals surface area (Å²) in [5.41, 5.74) is 5.09. The molecule has 8 heteroatoms. The summed E-state index contributed by atoms with van der Waals surface area (Å²) in [6, 6.07) is 4.86. The molecule has 0 fully saturated rings. The standard InChI is InChI=1S/C15H24N2O4S.ClH/c1-11(2)9-15(3,10-16)17-22(18,19)13-6-4-5-12-14(13)21-8-7-20-12;/h4-6,11,17H,7-10,16H2,1-3H3;1H. The fraction of sp³-hybridized carbons (Fsp3) is 0.600. The maximum Gasteiger partial charge on any atom is 0.244 e. The van der Waals surface area contributed by atoms with Gasteiger partial charge in [-0.2, -0.15) is 0 Å². The monoisotopic (exact) mass is 364 g/mol. The Kier molecular flexibility index (Phi) is 6.70. The molecule has 0 bridgehead atoms. The second-order valence-electron chi connectivity index (χ2n) is 6.25. The molecular weight excluding hydrogens is 340 g/mol. The zero-order valence-corrected chi connectivity index (χ0v) is 15.3. The Morgan fingerprint density at radius 2 is 1.96 bits per heavy atom. The van der Waals surface area contributed by atoms with Gasteiger partial charge in [0.05, 0.1) is 0 Å². The van der Waals surface area contributed by atoms with Crippen LogP contribution in [-0.4, -0.2) is 33.7 Å². The fourth-order valence-corrected chi connectivity index (χ4v) is 4.29. The van der Waals surface area contributed by atoms with Crippen LogP contribution in [0.5, 0.6) is 11.5 Å². The summed E-state index contributed by atoms with van der Waals surface area (Å²) in [5.74, 6) is 1.04. The molecule has 0 amide bonds. The van der Waals surface area contributed by atoms with Gasteiger partial charge in [-0.15, -0.1) is 12.4 Å². The Hall–Kier alpha value is -1.02. The van der Waals surface area contributed by atoms with Gasteiger partial charge in [0, 0.05) is 12.1 Å². The quantitative estimate of drug-likeness (QED) is 0.804. The van der Waals surface area contributed by atoms with Gasteiger partial charge >= 0.3 is 0 Å². The van der Waals surface area contributed by atoms with Crippen molar-refractivity contribution in [3.8, 4) is 11.5 Å². The van der Waals surface area contributed by atoms with Gasteiger partial charge in [-0.3, -0.25) is 0 Å². The minimum absolute atomic E-state index is 0. The number of hydrogen-bond donors (Lipinski definition) is 2. The second-order valence-corrected chi connectivity index (χ2v) is 7.90. The molecule has 1 unspecified atom stereocenters. The van der Waals surface area contributed by atoms with Crippen LogP contribution in [-0.2, 0) is 10.0 Å². The van der Waals surface area contributed by atoms with E-state index < -0.39 is 15.6 Å². The summed E-state index contributed by atoms with van der Waals surface area (Å²) >= 11 is 0. The molecule has 0 spiro atoms. The van der Waals surface area contributed by atoms with Gasteiger partial charge in [0.1, 0.15) is 18.1 Å². The molecule has 2 rings (SSSR count). The lowest BCUT2D eigenvalue weighted by atomic mass is 9.92. The van der Waals surface area contributed by atoms with E-state index in [9.17, 15) is 8.42 Å². The van der Waals surface area contributed by atoms with Crippen molar-refractivity contribution in [2.24, 2.45) is 11.7 Å². The topological polar surface area (TPSA) is 90.7 Å². The minimum Gasteiger partial charge on any atom is -0.486 e. The molecule has 0 radical (unpaired) electrons. The van der Waals surface area contributed by atoms with Crippen LogP contribution in [0.4, 0.5) is 0 Å². The van der Waals surface area contributed by atoms with Crippen molar-refractivity contribution < 1.29 is 17.9 Å². The van der Waals surface area contributed by atoms with Crippen LogP contribution in [0.15, 0.2) is 23.1 Å². The zero-order chi connectivity index (χ0) is 16.4. The lowest BCUT2D eigenvalue weighted by Gasteiger charge is -2.31. The summed E-state index contributed by atoms with van der Waals surface area (Å²) in [4.78, 5) is 0.0909. The number of halogens is 1. The van der Waals surface area contributed by atoms with Crippen LogP contribution in [0.3, 0.4) is 0 Å². The lowest BCUT2D eigenvalue weighted by molar-refractivity contribution is 0.167. The molecule has 23 heavy (non-hydrogen) atoms. The molecule has 1 aliphatic heterocycles. The first-order chi connectivity index (χ1) is 10.3. The molecule has 0 saturated heterocycles. The Morgan fingerprint density at radius 3 is 2.57 bits per heavy atom. The van der Waals surface area contributed by atoms with E-state index in [1.54, 1.807) is 12.1 Å². The van der Waals surface area contributed by atoms with Crippen molar-refractivity contribution in [2.45, 2.75) is 37.6 Å². The molecule has 1 aromatic carbocycles. The molecule has 1 atom stereocenters. The third-order valence-electron chi connectivity index (χ3n) is 3.51. The third kappa shape index (κ3) is 4.73. The van der Waals surface area contributed by atoms with Crippen LogP contribution >= 0.6 is 12.4 Å². The second kappa shape index (κ2) is 7.70. The van der Waals surface area contributed by atoms with E-state index in [0.717, 1.165) is 0 Å². The molecule has 6 nitrogen and oxygen atoms in total. The maximum absolute atomic E-state index is 12.8. The molecule has 1 aliphatic rings. The average molecular weight is 365 g/mol. The van der Waals surface area contributed by atoms with E-state index in [1.165, 1.54) is 6.07 Å². The largest absolute Gasteiger partial charge is 0.486 e. The number of rotatable bonds is 6. The van der Waals surface area contributed by atoms with Gasteiger partial charge in [0.25, 0.3) is 0 Å². The summed E-state index contributed by atoms with van der Waals surface area (Å²) in [6.07, 6.45) is 0.648. The van der Waals surface area contributed by atoms with Gasteiger partial charge in [-0.1, -0.05) is 19.9 Å². The first kappa shape index (κ1) is 20.0. The number of ether oxygens (including phenoxy) is 2.